The van der Waals surface area contributed by atoms with Gasteiger partial charge in [0.25, 0.3) is 0 Å². The minimum atomic E-state index is -0.760. The van der Waals surface area contributed by atoms with Gasteiger partial charge in [-0.15, -0.1) is 0 Å². The molecule has 312 valence electrons. The molecule has 0 aromatic rings. The molecular formula is C47H88O6. The van der Waals surface area contributed by atoms with Crippen molar-refractivity contribution in [2.45, 2.75) is 258 Å². The van der Waals surface area contributed by atoms with Crippen LogP contribution in [0.5, 0.6) is 0 Å². The molecule has 0 radical (unpaired) electrons. The number of esters is 3. The molecule has 0 N–H and O–H groups in total. The Morgan fingerprint density at radius 2 is 0.623 bits per heavy atom. The number of hydrogen-bond donors (Lipinski definition) is 0. The van der Waals surface area contributed by atoms with Crippen molar-refractivity contribution >= 4 is 17.9 Å². The highest BCUT2D eigenvalue weighted by Gasteiger charge is 2.19. The van der Waals surface area contributed by atoms with Crippen molar-refractivity contribution in [3.8, 4) is 0 Å². The van der Waals surface area contributed by atoms with Gasteiger partial charge in [-0.2, -0.15) is 0 Å². The largest absolute Gasteiger partial charge is 0.462 e. The molecule has 0 heterocycles. The maximum absolute atomic E-state index is 12.6. The predicted octanol–water partition coefficient (Wildman–Crippen LogP) is 14.6. The van der Waals surface area contributed by atoms with Crippen LogP contribution in [0.4, 0.5) is 0 Å². The molecule has 0 fully saturated rings. The van der Waals surface area contributed by atoms with Gasteiger partial charge in [-0.25, -0.2) is 0 Å². The molecule has 0 aromatic carbocycles. The van der Waals surface area contributed by atoms with E-state index in [1.165, 1.54) is 148 Å². The van der Waals surface area contributed by atoms with Crippen molar-refractivity contribution in [1.29, 1.82) is 0 Å². The summed E-state index contributed by atoms with van der Waals surface area (Å²) in [7, 11) is 0. The summed E-state index contributed by atoms with van der Waals surface area (Å²) in [5, 5.41) is 0. The lowest BCUT2D eigenvalue weighted by Crippen LogP contribution is -2.30. The van der Waals surface area contributed by atoms with Gasteiger partial charge in [0.1, 0.15) is 13.2 Å². The van der Waals surface area contributed by atoms with Gasteiger partial charge in [-0.3, -0.25) is 14.4 Å². The van der Waals surface area contributed by atoms with E-state index in [4.69, 9.17) is 14.2 Å². The molecule has 6 nitrogen and oxygen atoms in total. The maximum Gasteiger partial charge on any atom is 0.306 e. The fraction of sp³-hybridized carbons (Fsp3) is 0.894. The molecule has 1 unspecified atom stereocenters. The third kappa shape index (κ3) is 41.2. The molecule has 0 aromatic heterocycles. The summed E-state index contributed by atoms with van der Waals surface area (Å²) in [6.07, 6.45) is 45.1. The molecule has 6 heteroatoms. The van der Waals surface area contributed by atoms with Gasteiger partial charge in [0.05, 0.1) is 0 Å². The third-order valence-corrected chi connectivity index (χ3v) is 10.3. The Kier molecular flexibility index (Phi) is 41.4. The highest BCUT2D eigenvalue weighted by molar-refractivity contribution is 5.71. The number of carbonyl (C=O) groups is 3. The summed E-state index contributed by atoms with van der Waals surface area (Å²) in [6.45, 7) is 6.55. The van der Waals surface area contributed by atoms with Crippen LogP contribution in [0, 0.1) is 0 Å². The van der Waals surface area contributed by atoms with Crippen LogP contribution in [0.1, 0.15) is 252 Å². The second-order valence-electron chi connectivity index (χ2n) is 15.7. The predicted molar refractivity (Wildman–Crippen MR) is 224 cm³/mol. The van der Waals surface area contributed by atoms with E-state index in [-0.39, 0.29) is 31.1 Å². The van der Waals surface area contributed by atoms with Crippen LogP contribution < -0.4 is 0 Å². The van der Waals surface area contributed by atoms with Crippen LogP contribution in [-0.2, 0) is 28.6 Å². The van der Waals surface area contributed by atoms with Crippen LogP contribution in [0.25, 0.3) is 0 Å². The van der Waals surface area contributed by atoms with Crippen molar-refractivity contribution in [1.82, 2.24) is 0 Å². The van der Waals surface area contributed by atoms with Gasteiger partial charge in [0.15, 0.2) is 6.10 Å². The SMILES string of the molecule is CCCCCCCC/C=C\CCCCCCCCCCCC(=O)OCC(COC(=O)CCCCCCC)OC(=O)CCCCCCCCCCCCC. The summed E-state index contributed by atoms with van der Waals surface area (Å²) in [6, 6.07) is 0. The Bertz CT molecular complexity index is 824. The Morgan fingerprint density at radius 3 is 0.943 bits per heavy atom. The van der Waals surface area contributed by atoms with Crippen molar-refractivity contribution < 1.29 is 28.6 Å². The maximum atomic E-state index is 12.6. The van der Waals surface area contributed by atoms with Crippen molar-refractivity contribution in [3.05, 3.63) is 12.2 Å². The lowest BCUT2D eigenvalue weighted by molar-refractivity contribution is -0.167. The number of rotatable bonds is 42. The molecule has 0 bridgehead atoms. The average molecular weight is 749 g/mol. The highest BCUT2D eigenvalue weighted by atomic mass is 16.6. The Labute approximate surface area is 329 Å². The topological polar surface area (TPSA) is 78.9 Å². The first-order valence-corrected chi connectivity index (χ1v) is 23.2. The molecular weight excluding hydrogens is 661 g/mol. The molecule has 1 atom stereocenters. The molecule has 0 aliphatic carbocycles. The first-order chi connectivity index (χ1) is 26.0. The molecule has 0 amide bonds. The number of unbranched alkanes of at least 4 members (excludes halogenated alkanes) is 29. The first kappa shape index (κ1) is 51.1. The van der Waals surface area contributed by atoms with Gasteiger partial charge in [-0.1, -0.05) is 200 Å². The van der Waals surface area contributed by atoms with E-state index in [1.54, 1.807) is 0 Å². The van der Waals surface area contributed by atoms with Crippen LogP contribution in [0.15, 0.2) is 12.2 Å². The van der Waals surface area contributed by atoms with Crippen molar-refractivity contribution in [2.75, 3.05) is 13.2 Å². The third-order valence-electron chi connectivity index (χ3n) is 10.3. The second kappa shape index (κ2) is 42.9. The van der Waals surface area contributed by atoms with E-state index in [1.807, 2.05) is 0 Å². The normalized spacial score (nSPS) is 12.0. The van der Waals surface area contributed by atoms with E-state index in [9.17, 15) is 14.4 Å². The van der Waals surface area contributed by atoms with Crippen LogP contribution >= 0.6 is 0 Å². The Hall–Kier alpha value is -1.85. The Morgan fingerprint density at radius 1 is 0.358 bits per heavy atom. The van der Waals surface area contributed by atoms with E-state index < -0.39 is 6.10 Å². The standard InChI is InChI=1S/C47H88O6/c1-4-7-10-13-15-17-19-20-21-22-23-24-25-26-28-29-31-34-37-40-46(49)52-43-44(42-51-45(48)39-36-33-12-9-6-3)53-47(50)41-38-35-32-30-27-18-16-14-11-8-5-2/h20-21,44H,4-19,22-43H2,1-3H3/b21-20-. The zero-order chi connectivity index (χ0) is 38.7. The molecule has 0 spiro atoms. The number of allylic oxidation sites excluding steroid dienone is 2. The van der Waals surface area contributed by atoms with Crippen molar-refractivity contribution in [2.24, 2.45) is 0 Å². The summed E-state index contributed by atoms with van der Waals surface area (Å²) in [5.74, 6) is -0.876. The van der Waals surface area contributed by atoms with E-state index >= 15 is 0 Å². The van der Waals surface area contributed by atoms with Gasteiger partial charge in [-0.05, 0) is 44.9 Å². The minimum Gasteiger partial charge on any atom is -0.462 e. The molecule has 0 saturated carbocycles. The summed E-state index contributed by atoms with van der Waals surface area (Å²) >= 11 is 0. The van der Waals surface area contributed by atoms with Gasteiger partial charge in [0.2, 0.25) is 0 Å². The van der Waals surface area contributed by atoms with E-state index in [2.05, 4.69) is 32.9 Å². The number of ether oxygens (including phenoxy) is 3. The van der Waals surface area contributed by atoms with Crippen LogP contribution in [-0.4, -0.2) is 37.2 Å². The molecule has 53 heavy (non-hydrogen) atoms. The monoisotopic (exact) mass is 749 g/mol. The average Bonchev–Trinajstić information content (AvgIpc) is 3.15. The van der Waals surface area contributed by atoms with E-state index in [0.29, 0.717) is 19.3 Å². The fourth-order valence-corrected chi connectivity index (χ4v) is 6.73. The lowest BCUT2D eigenvalue weighted by Gasteiger charge is -2.18. The summed E-state index contributed by atoms with van der Waals surface area (Å²) < 4.78 is 16.6. The number of hydrogen-bond acceptors (Lipinski definition) is 6. The Balaban J connectivity index is 4.12. The zero-order valence-electron chi connectivity index (χ0n) is 35.6. The van der Waals surface area contributed by atoms with Gasteiger partial charge >= 0.3 is 17.9 Å². The molecule has 0 saturated heterocycles. The quantitative estimate of drug-likeness (QED) is 0.0268. The van der Waals surface area contributed by atoms with Crippen LogP contribution in [0.2, 0.25) is 0 Å². The van der Waals surface area contributed by atoms with Gasteiger partial charge in [0, 0.05) is 19.3 Å². The van der Waals surface area contributed by atoms with Crippen molar-refractivity contribution in [3.63, 3.8) is 0 Å². The van der Waals surface area contributed by atoms with E-state index in [0.717, 1.165) is 64.2 Å². The second-order valence-corrected chi connectivity index (χ2v) is 15.7. The number of carbonyl (C=O) groups excluding carboxylic acids is 3. The van der Waals surface area contributed by atoms with Gasteiger partial charge < -0.3 is 14.2 Å². The minimum absolute atomic E-state index is 0.0679. The molecule has 0 rings (SSSR count). The summed E-state index contributed by atoms with van der Waals surface area (Å²) in [5.41, 5.74) is 0. The van der Waals surface area contributed by atoms with Crippen LogP contribution in [0.3, 0.4) is 0 Å². The summed E-state index contributed by atoms with van der Waals surface area (Å²) in [4.78, 5) is 37.4. The fourth-order valence-electron chi connectivity index (χ4n) is 6.73. The molecule has 0 aliphatic rings. The lowest BCUT2D eigenvalue weighted by atomic mass is 10.1. The first-order valence-electron chi connectivity index (χ1n) is 23.2. The smallest absolute Gasteiger partial charge is 0.306 e. The highest BCUT2D eigenvalue weighted by Crippen LogP contribution is 2.15. The zero-order valence-corrected chi connectivity index (χ0v) is 35.6. The molecule has 0 aliphatic heterocycles.